The highest BCUT2D eigenvalue weighted by Crippen LogP contribution is 2.00. The lowest BCUT2D eigenvalue weighted by Crippen LogP contribution is -2.42. The molecule has 0 aliphatic carbocycles. The summed E-state index contributed by atoms with van der Waals surface area (Å²) in [6, 6.07) is -0.738. The van der Waals surface area contributed by atoms with Gasteiger partial charge in [0.05, 0.1) is 0 Å². The molecule has 1 saturated heterocycles. The molecule has 0 aromatic heterocycles. The van der Waals surface area contributed by atoms with Crippen LogP contribution in [0.25, 0.3) is 0 Å². The van der Waals surface area contributed by atoms with Crippen LogP contribution in [0.15, 0.2) is 25.3 Å². The topological polar surface area (TPSA) is 52.6 Å². The van der Waals surface area contributed by atoms with E-state index in [1.165, 1.54) is 9.80 Å². The number of hydrogen-bond donors (Lipinski definition) is 1. The van der Waals surface area contributed by atoms with Gasteiger partial charge in [0.2, 0.25) is 0 Å². The monoisotopic (exact) mass is 209 g/mol. The summed E-state index contributed by atoms with van der Waals surface area (Å²) in [5.74, 6) is 0. The Balaban J connectivity index is 2.66. The van der Waals surface area contributed by atoms with Crippen molar-refractivity contribution >= 4 is 12.1 Å². The Labute approximate surface area is 89.0 Å². The van der Waals surface area contributed by atoms with E-state index in [1.54, 1.807) is 12.2 Å². The van der Waals surface area contributed by atoms with E-state index >= 15 is 0 Å². The number of carbonyl (C=O) groups excluding carboxylic acids is 2. The minimum Gasteiger partial charge on any atom is -0.319 e. The van der Waals surface area contributed by atoms with E-state index in [9.17, 15) is 9.59 Å². The van der Waals surface area contributed by atoms with Crippen LogP contribution >= 0.6 is 0 Å². The largest absolute Gasteiger partial charge is 0.325 e. The van der Waals surface area contributed by atoms with Crippen LogP contribution in [0.4, 0.5) is 9.59 Å². The Hall–Kier alpha value is -1.78. The summed E-state index contributed by atoms with van der Waals surface area (Å²) >= 11 is 0. The first-order valence-corrected chi connectivity index (χ1v) is 4.75. The second-order valence-electron chi connectivity index (χ2n) is 3.20. The second kappa shape index (κ2) is 5.19. The minimum atomic E-state index is -0.369. The molecule has 1 aliphatic rings. The molecular weight excluding hydrogens is 194 g/mol. The van der Waals surface area contributed by atoms with Gasteiger partial charge in [-0.25, -0.2) is 9.59 Å². The van der Waals surface area contributed by atoms with Gasteiger partial charge in [-0.15, -0.1) is 13.2 Å². The third-order valence-corrected chi connectivity index (χ3v) is 2.13. The number of amides is 4. The highest BCUT2D eigenvalue weighted by Gasteiger charge is 2.23. The third kappa shape index (κ3) is 2.83. The van der Waals surface area contributed by atoms with Crippen molar-refractivity contribution in [3.8, 4) is 0 Å². The first-order valence-electron chi connectivity index (χ1n) is 4.75. The van der Waals surface area contributed by atoms with Crippen molar-refractivity contribution in [2.75, 3.05) is 26.2 Å². The summed E-state index contributed by atoms with van der Waals surface area (Å²) in [5, 5.41) is 2.29. The standard InChI is InChI=1S/C10H15N3O2/c1-3-5-12-7-8-13(6-4-2)10(15)11-9(12)14/h3-4H,1-2,5-8H2,(H,11,14,15). The summed E-state index contributed by atoms with van der Waals surface area (Å²) in [6.07, 6.45) is 3.26. The van der Waals surface area contributed by atoms with Crippen molar-refractivity contribution in [1.82, 2.24) is 15.1 Å². The van der Waals surface area contributed by atoms with Crippen molar-refractivity contribution in [2.24, 2.45) is 0 Å². The lowest BCUT2D eigenvalue weighted by Gasteiger charge is -2.18. The smallest absolute Gasteiger partial charge is 0.319 e. The van der Waals surface area contributed by atoms with E-state index in [4.69, 9.17) is 0 Å². The predicted octanol–water partition coefficient (Wildman–Crippen LogP) is 0.806. The van der Waals surface area contributed by atoms with E-state index < -0.39 is 0 Å². The fraction of sp³-hybridized carbons (Fsp3) is 0.400. The highest BCUT2D eigenvalue weighted by molar-refractivity contribution is 5.94. The van der Waals surface area contributed by atoms with Gasteiger partial charge < -0.3 is 9.80 Å². The Morgan fingerprint density at radius 1 is 1.07 bits per heavy atom. The SMILES string of the molecule is C=CCN1CCN(CC=C)C(=O)NC1=O. The van der Waals surface area contributed by atoms with E-state index in [0.29, 0.717) is 26.2 Å². The third-order valence-electron chi connectivity index (χ3n) is 2.13. The average molecular weight is 209 g/mol. The van der Waals surface area contributed by atoms with Crippen LogP contribution in [0.3, 0.4) is 0 Å². The van der Waals surface area contributed by atoms with E-state index in [0.717, 1.165) is 0 Å². The maximum absolute atomic E-state index is 11.5. The maximum atomic E-state index is 11.5. The molecule has 15 heavy (non-hydrogen) atoms. The molecule has 0 bridgehead atoms. The van der Waals surface area contributed by atoms with Crippen LogP contribution in [0.1, 0.15) is 0 Å². The van der Waals surface area contributed by atoms with Crippen LogP contribution in [0.2, 0.25) is 0 Å². The summed E-state index contributed by atoms with van der Waals surface area (Å²) in [5.41, 5.74) is 0. The van der Waals surface area contributed by atoms with E-state index in [-0.39, 0.29) is 12.1 Å². The first kappa shape index (κ1) is 11.3. The van der Waals surface area contributed by atoms with Gasteiger partial charge in [-0.3, -0.25) is 5.32 Å². The molecule has 0 radical (unpaired) electrons. The van der Waals surface area contributed by atoms with Gasteiger partial charge in [0.1, 0.15) is 0 Å². The second-order valence-corrected chi connectivity index (χ2v) is 3.20. The molecule has 0 saturated carbocycles. The zero-order valence-corrected chi connectivity index (χ0v) is 8.61. The van der Waals surface area contributed by atoms with Gasteiger partial charge in [0.25, 0.3) is 0 Å². The van der Waals surface area contributed by atoms with Crippen LogP contribution in [-0.4, -0.2) is 48.0 Å². The van der Waals surface area contributed by atoms with Gasteiger partial charge in [0.15, 0.2) is 0 Å². The zero-order valence-electron chi connectivity index (χ0n) is 8.61. The molecule has 0 unspecified atom stereocenters. The van der Waals surface area contributed by atoms with Crippen molar-refractivity contribution < 1.29 is 9.59 Å². The summed E-state index contributed by atoms with van der Waals surface area (Å²) < 4.78 is 0. The summed E-state index contributed by atoms with van der Waals surface area (Å²) in [7, 11) is 0. The minimum absolute atomic E-state index is 0.369. The Kier molecular flexibility index (Phi) is 3.91. The van der Waals surface area contributed by atoms with E-state index in [1.807, 2.05) is 0 Å². The number of hydrogen-bond acceptors (Lipinski definition) is 2. The van der Waals surface area contributed by atoms with Crippen molar-refractivity contribution in [1.29, 1.82) is 0 Å². The summed E-state index contributed by atoms with van der Waals surface area (Å²) in [6.45, 7) is 9.03. The molecule has 0 atom stereocenters. The molecule has 1 aliphatic heterocycles. The number of imide groups is 1. The quantitative estimate of drug-likeness (QED) is 0.696. The Morgan fingerprint density at radius 3 is 1.80 bits per heavy atom. The Morgan fingerprint density at radius 2 is 1.47 bits per heavy atom. The average Bonchev–Trinajstić information content (AvgIpc) is 2.32. The number of rotatable bonds is 4. The normalized spacial score (nSPS) is 17.1. The molecule has 1 heterocycles. The molecule has 1 fully saturated rings. The maximum Gasteiger partial charge on any atom is 0.325 e. The molecule has 5 heteroatoms. The van der Waals surface area contributed by atoms with Gasteiger partial charge in [-0.2, -0.15) is 0 Å². The summed E-state index contributed by atoms with van der Waals surface area (Å²) in [4.78, 5) is 26.0. The van der Waals surface area contributed by atoms with Gasteiger partial charge in [0, 0.05) is 26.2 Å². The lowest BCUT2D eigenvalue weighted by atomic mass is 10.4. The fourth-order valence-corrected chi connectivity index (χ4v) is 1.35. The molecule has 5 nitrogen and oxygen atoms in total. The van der Waals surface area contributed by atoms with E-state index in [2.05, 4.69) is 18.5 Å². The van der Waals surface area contributed by atoms with Crippen molar-refractivity contribution in [3.63, 3.8) is 0 Å². The van der Waals surface area contributed by atoms with Crippen molar-refractivity contribution in [3.05, 3.63) is 25.3 Å². The Bertz CT molecular complexity index is 260. The van der Waals surface area contributed by atoms with Gasteiger partial charge in [-0.05, 0) is 0 Å². The van der Waals surface area contributed by atoms with Gasteiger partial charge in [-0.1, -0.05) is 12.2 Å². The molecule has 0 aromatic rings. The zero-order chi connectivity index (χ0) is 11.3. The molecule has 1 N–H and O–H groups in total. The molecular formula is C10H15N3O2. The predicted molar refractivity (Wildman–Crippen MR) is 57.5 cm³/mol. The van der Waals surface area contributed by atoms with Crippen LogP contribution < -0.4 is 5.32 Å². The van der Waals surface area contributed by atoms with Crippen LogP contribution in [0.5, 0.6) is 0 Å². The highest BCUT2D eigenvalue weighted by atomic mass is 16.2. The molecule has 1 rings (SSSR count). The number of nitrogens with zero attached hydrogens (tertiary/aromatic N) is 2. The van der Waals surface area contributed by atoms with Crippen LogP contribution in [-0.2, 0) is 0 Å². The number of urea groups is 2. The molecule has 82 valence electrons. The van der Waals surface area contributed by atoms with Crippen LogP contribution in [0, 0.1) is 0 Å². The first-order chi connectivity index (χ1) is 7.19. The molecule has 4 amide bonds. The molecule has 0 spiro atoms. The van der Waals surface area contributed by atoms with Gasteiger partial charge >= 0.3 is 12.1 Å². The molecule has 0 aromatic carbocycles. The number of carbonyl (C=O) groups is 2. The lowest BCUT2D eigenvalue weighted by molar-refractivity contribution is 0.204. The fourth-order valence-electron chi connectivity index (χ4n) is 1.35. The number of nitrogens with one attached hydrogen (secondary N) is 1. The van der Waals surface area contributed by atoms with Crippen molar-refractivity contribution in [2.45, 2.75) is 0 Å².